The number of nitrogens with zero attached hydrogens (tertiary/aromatic N) is 8. The van der Waals surface area contributed by atoms with E-state index in [1.807, 2.05) is 12.3 Å². The molecule has 6 heterocycles. The van der Waals surface area contributed by atoms with Gasteiger partial charge in [0.05, 0.1) is 5.60 Å². The minimum Gasteiger partial charge on any atom is -0.490 e. The van der Waals surface area contributed by atoms with Gasteiger partial charge in [0.1, 0.15) is 18.2 Å². The molecule has 4 aliphatic heterocycles. The number of halogens is 3. The van der Waals surface area contributed by atoms with Crippen LogP contribution in [0.4, 0.5) is 19.0 Å². The Kier molecular flexibility index (Phi) is 9.40. The molecule has 1 aromatic carbocycles. The molecule has 3 aromatic rings. The summed E-state index contributed by atoms with van der Waals surface area (Å²) in [6, 6.07) is 4.97. The number of amides is 1. The van der Waals surface area contributed by atoms with Crippen molar-refractivity contribution in [3.63, 3.8) is 0 Å². The Hall–Kier alpha value is -4.08. The lowest BCUT2D eigenvalue weighted by molar-refractivity contribution is -0.120. The van der Waals surface area contributed by atoms with Gasteiger partial charge in [0.15, 0.2) is 17.4 Å². The second-order valence-electron chi connectivity index (χ2n) is 17.0. The SMILES string of the molecule is CC(C)N(C(=O)c1ccc(Oc2nncnc2N2CC3(CC(Oc4ccnc5c4CN(CCCN4CC6(CCCO6)C4)CC5)C3)C2)c(F)c1)C1CC(F)(F)C1. The van der Waals surface area contributed by atoms with Gasteiger partial charge in [0.2, 0.25) is 0 Å². The van der Waals surface area contributed by atoms with E-state index in [1.165, 1.54) is 41.8 Å². The molecule has 15 heteroatoms. The van der Waals surface area contributed by atoms with Gasteiger partial charge in [-0.1, -0.05) is 0 Å². The third kappa shape index (κ3) is 7.23. The Bertz CT molecular complexity index is 1900. The maximum Gasteiger partial charge on any atom is 0.282 e. The number of rotatable bonds is 12. The fourth-order valence-corrected chi connectivity index (χ4v) is 9.72. The van der Waals surface area contributed by atoms with E-state index in [9.17, 15) is 13.6 Å². The highest BCUT2D eigenvalue weighted by atomic mass is 19.3. The number of likely N-dealkylation sites (tertiary alicyclic amines) is 1. The Morgan fingerprint density at radius 1 is 1.04 bits per heavy atom. The molecular weight excluding hydrogens is 713 g/mol. The predicted molar refractivity (Wildman–Crippen MR) is 196 cm³/mol. The number of hydrogen-bond donors (Lipinski definition) is 0. The first kappa shape index (κ1) is 36.6. The fourth-order valence-electron chi connectivity index (χ4n) is 9.72. The number of ether oxygens (including phenoxy) is 3. The highest BCUT2D eigenvalue weighted by Gasteiger charge is 2.55. The van der Waals surface area contributed by atoms with Gasteiger partial charge in [-0.25, -0.2) is 18.2 Å². The van der Waals surface area contributed by atoms with Gasteiger partial charge in [-0.3, -0.25) is 19.6 Å². The molecule has 2 aromatic heterocycles. The molecule has 0 N–H and O–H groups in total. The van der Waals surface area contributed by atoms with Gasteiger partial charge in [-0.2, -0.15) is 0 Å². The number of hydrogen-bond acceptors (Lipinski definition) is 11. The molecule has 0 radical (unpaired) electrons. The normalized spacial score (nSPS) is 22.8. The second kappa shape index (κ2) is 14.1. The van der Waals surface area contributed by atoms with Crippen molar-refractivity contribution < 1.29 is 32.2 Å². The fraction of sp³-hybridized carbons (Fsp3) is 0.625. The predicted octanol–water partition coefficient (Wildman–Crippen LogP) is 5.51. The molecule has 294 valence electrons. The summed E-state index contributed by atoms with van der Waals surface area (Å²) in [5.41, 5.74) is 2.66. The zero-order valence-electron chi connectivity index (χ0n) is 31.6. The molecule has 2 saturated carbocycles. The Balaban J connectivity index is 0.768. The number of alkyl halides is 2. The zero-order chi connectivity index (χ0) is 38.0. The number of aromatic nitrogens is 4. The van der Waals surface area contributed by atoms with Crippen LogP contribution in [-0.2, 0) is 17.7 Å². The van der Waals surface area contributed by atoms with Crippen LogP contribution in [0.15, 0.2) is 36.8 Å². The van der Waals surface area contributed by atoms with Crippen LogP contribution in [0.2, 0.25) is 0 Å². The molecule has 1 amide bonds. The number of anilines is 1. The lowest BCUT2D eigenvalue weighted by Gasteiger charge is -2.58. The smallest absolute Gasteiger partial charge is 0.282 e. The third-order valence-electron chi connectivity index (χ3n) is 12.5. The van der Waals surface area contributed by atoms with E-state index in [2.05, 4.69) is 29.9 Å². The van der Waals surface area contributed by atoms with E-state index >= 15 is 4.39 Å². The molecule has 5 fully saturated rings. The van der Waals surface area contributed by atoms with Crippen LogP contribution in [0, 0.1) is 11.2 Å². The van der Waals surface area contributed by atoms with Crippen molar-refractivity contribution in [3.05, 3.63) is 59.4 Å². The van der Waals surface area contributed by atoms with Gasteiger partial charge in [0, 0.05) is 106 Å². The second-order valence-corrected chi connectivity index (χ2v) is 17.0. The molecule has 0 bridgehead atoms. The van der Waals surface area contributed by atoms with Crippen LogP contribution >= 0.6 is 0 Å². The first-order valence-electron chi connectivity index (χ1n) is 19.8. The van der Waals surface area contributed by atoms with Crippen LogP contribution in [-0.4, -0.2) is 123 Å². The summed E-state index contributed by atoms with van der Waals surface area (Å²) in [4.78, 5) is 30.9. The van der Waals surface area contributed by atoms with Gasteiger partial charge in [0.25, 0.3) is 17.7 Å². The first-order chi connectivity index (χ1) is 26.5. The Morgan fingerprint density at radius 3 is 2.56 bits per heavy atom. The summed E-state index contributed by atoms with van der Waals surface area (Å²) in [5, 5.41) is 7.98. The van der Waals surface area contributed by atoms with Crippen LogP contribution in [0.25, 0.3) is 0 Å². The van der Waals surface area contributed by atoms with E-state index in [0.29, 0.717) is 5.82 Å². The van der Waals surface area contributed by atoms with Crippen LogP contribution in [0.5, 0.6) is 17.4 Å². The van der Waals surface area contributed by atoms with Crippen LogP contribution < -0.4 is 14.4 Å². The van der Waals surface area contributed by atoms with Gasteiger partial charge < -0.3 is 24.0 Å². The number of carbonyl (C=O) groups is 1. The lowest BCUT2D eigenvalue weighted by atomic mass is 9.61. The lowest BCUT2D eigenvalue weighted by Crippen LogP contribution is -2.65. The van der Waals surface area contributed by atoms with Crippen molar-refractivity contribution in [1.29, 1.82) is 0 Å². The highest BCUT2D eigenvalue weighted by Crippen LogP contribution is 2.52. The van der Waals surface area contributed by atoms with Gasteiger partial charge >= 0.3 is 0 Å². The van der Waals surface area contributed by atoms with Crippen LogP contribution in [0.1, 0.15) is 80.4 Å². The zero-order valence-corrected chi connectivity index (χ0v) is 31.6. The van der Waals surface area contributed by atoms with Crippen molar-refractivity contribution in [3.8, 4) is 17.4 Å². The minimum absolute atomic E-state index is 0.0625. The number of fused-ring (bicyclic) bond motifs is 1. The van der Waals surface area contributed by atoms with E-state index in [-0.39, 0.29) is 40.4 Å². The molecule has 2 spiro atoms. The molecule has 2 aliphatic carbocycles. The molecule has 3 saturated heterocycles. The van der Waals surface area contributed by atoms with Gasteiger partial charge in [-0.15, -0.1) is 10.2 Å². The van der Waals surface area contributed by atoms with E-state index < -0.39 is 36.5 Å². The average molecular weight is 763 g/mol. The van der Waals surface area contributed by atoms with E-state index in [1.54, 1.807) is 13.8 Å². The summed E-state index contributed by atoms with van der Waals surface area (Å²) in [5.74, 6) is -2.72. The summed E-state index contributed by atoms with van der Waals surface area (Å²) < 4.78 is 61.0. The van der Waals surface area contributed by atoms with Crippen LogP contribution in [0.3, 0.4) is 0 Å². The summed E-state index contributed by atoms with van der Waals surface area (Å²) >= 11 is 0. The molecule has 0 atom stereocenters. The molecule has 6 aliphatic rings. The Morgan fingerprint density at radius 2 is 1.84 bits per heavy atom. The van der Waals surface area contributed by atoms with Crippen molar-refractivity contribution in [1.82, 2.24) is 34.9 Å². The van der Waals surface area contributed by atoms with Crippen molar-refractivity contribution in [2.45, 2.75) is 101 Å². The highest BCUT2D eigenvalue weighted by molar-refractivity contribution is 5.95. The molecule has 55 heavy (non-hydrogen) atoms. The summed E-state index contributed by atoms with van der Waals surface area (Å²) in [7, 11) is 0. The third-order valence-corrected chi connectivity index (χ3v) is 12.5. The quantitative estimate of drug-likeness (QED) is 0.233. The monoisotopic (exact) mass is 762 g/mol. The summed E-state index contributed by atoms with van der Waals surface area (Å²) in [6.07, 6.45) is 8.84. The van der Waals surface area contributed by atoms with Crippen molar-refractivity contribution in [2.75, 3.05) is 57.3 Å². The van der Waals surface area contributed by atoms with Crippen molar-refractivity contribution in [2.24, 2.45) is 5.41 Å². The van der Waals surface area contributed by atoms with E-state index in [0.717, 1.165) is 102 Å². The molecular formula is C40H49F3N8O4. The largest absolute Gasteiger partial charge is 0.490 e. The summed E-state index contributed by atoms with van der Waals surface area (Å²) in [6.45, 7) is 12.1. The number of pyridine rings is 1. The number of carbonyl (C=O) groups excluding carboxylic acids is 1. The molecule has 0 unspecified atom stereocenters. The minimum atomic E-state index is -2.78. The number of benzene rings is 1. The first-order valence-corrected chi connectivity index (χ1v) is 19.8. The Labute approximate surface area is 319 Å². The topological polar surface area (TPSA) is 109 Å². The molecule has 12 nitrogen and oxygen atoms in total. The maximum absolute atomic E-state index is 15.4. The average Bonchev–Trinajstić information content (AvgIpc) is 3.59. The van der Waals surface area contributed by atoms with Crippen molar-refractivity contribution >= 4 is 11.7 Å². The standard InChI is InChI=1S/C40H49F3N8O4/c1-26(2)51(28-16-40(42,43)17-28)37(52)27-5-6-34(31(41)15-27)55-36-35(45-25-46-47-36)50-21-38(22-50)18-29(19-38)54-33-7-10-44-32-8-13-48(20-30(32)33)11-4-12-49-23-39(24-49)9-3-14-53-39/h5-7,10,15,25-26,28-29H,3-4,8-9,11-14,16-24H2,1-2H3. The van der Waals surface area contributed by atoms with E-state index in [4.69, 9.17) is 19.2 Å². The van der Waals surface area contributed by atoms with Gasteiger partial charge in [-0.05, 0) is 83.3 Å². The maximum atomic E-state index is 15.4. The molecule has 9 rings (SSSR count).